The third kappa shape index (κ3) is 2.69. The molecule has 20 heavy (non-hydrogen) atoms. The molecular formula is C12H17N7S. The van der Waals surface area contributed by atoms with Gasteiger partial charge in [-0.15, -0.1) is 0 Å². The number of nitrogens with two attached hydrogens (primary N) is 1. The number of thioether (sulfide) groups is 1. The third-order valence-corrected chi connectivity index (χ3v) is 4.59. The Morgan fingerprint density at radius 2 is 2.25 bits per heavy atom. The summed E-state index contributed by atoms with van der Waals surface area (Å²) >= 11 is 1.88. The van der Waals surface area contributed by atoms with Gasteiger partial charge in [0.1, 0.15) is 0 Å². The minimum absolute atomic E-state index is 0.201. The molecule has 0 bridgehead atoms. The number of hydrogen-bond donors (Lipinski definition) is 2. The van der Waals surface area contributed by atoms with Crippen molar-refractivity contribution < 1.29 is 0 Å². The SMILES string of the molecule is CSC1CCCC1Nc1nc(N)nc(-n2cccn2)n1. The van der Waals surface area contributed by atoms with Gasteiger partial charge in [0, 0.05) is 23.7 Å². The molecule has 1 fully saturated rings. The van der Waals surface area contributed by atoms with Crippen LogP contribution in [0.2, 0.25) is 0 Å². The van der Waals surface area contributed by atoms with Crippen molar-refractivity contribution in [3.63, 3.8) is 0 Å². The van der Waals surface area contributed by atoms with Crippen LogP contribution in [0.3, 0.4) is 0 Å². The van der Waals surface area contributed by atoms with Crippen LogP contribution in [0.1, 0.15) is 19.3 Å². The van der Waals surface area contributed by atoms with E-state index in [1.54, 1.807) is 17.1 Å². The van der Waals surface area contributed by atoms with E-state index in [1.165, 1.54) is 12.8 Å². The van der Waals surface area contributed by atoms with Crippen molar-refractivity contribution in [3.05, 3.63) is 18.5 Å². The zero-order valence-corrected chi connectivity index (χ0v) is 12.0. The summed E-state index contributed by atoms with van der Waals surface area (Å²) in [5, 5.41) is 8.09. The zero-order chi connectivity index (χ0) is 13.9. The third-order valence-electron chi connectivity index (χ3n) is 3.42. The number of hydrogen-bond acceptors (Lipinski definition) is 7. The Bertz CT molecular complexity index is 571. The summed E-state index contributed by atoms with van der Waals surface area (Å²) in [6, 6.07) is 2.20. The number of anilines is 2. The summed E-state index contributed by atoms with van der Waals surface area (Å²) in [6.45, 7) is 0. The van der Waals surface area contributed by atoms with E-state index in [1.807, 2.05) is 17.8 Å². The lowest BCUT2D eigenvalue weighted by Crippen LogP contribution is -2.27. The van der Waals surface area contributed by atoms with Crippen LogP contribution in [0.5, 0.6) is 0 Å². The normalized spacial score (nSPS) is 22.1. The van der Waals surface area contributed by atoms with Gasteiger partial charge >= 0.3 is 0 Å². The van der Waals surface area contributed by atoms with Gasteiger partial charge in [0.05, 0.1) is 0 Å². The van der Waals surface area contributed by atoms with Crippen molar-refractivity contribution in [1.29, 1.82) is 0 Å². The van der Waals surface area contributed by atoms with E-state index in [4.69, 9.17) is 5.73 Å². The van der Waals surface area contributed by atoms with Crippen LogP contribution >= 0.6 is 11.8 Å². The van der Waals surface area contributed by atoms with Crippen LogP contribution in [0.4, 0.5) is 11.9 Å². The quantitative estimate of drug-likeness (QED) is 0.877. The van der Waals surface area contributed by atoms with E-state index in [2.05, 4.69) is 31.6 Å². The number of nitrogens with zero attached hydrogens (tertiary/aromatic N) is 5. The molecule has 2 aromatic heterocycles. The molecule has 1 aliphatic carbocycles. The molecule has 2 heterocycles. The molecule has 106 valence electrons. The van der Waals surface area contributed by atoms with E-state index in [0.717, 1.165) is 6.42 Å². The first-order valence-corrected chi connectivity index (χ1v) is 7.86. The van der Waals surface area contributed by atoms with Crippen LogP contribution in [-0.4, -0.2) is 42.3 Å². The highest BCUT2D eigenvalue weighted by Gasteiger charge is 2.27. The predicted octanol–water partition coefficient (Wildman–Crippen LogP) is 1.34. The monoisotopic (exact) mass is 291 g/mol. The van der Waals surface area contributed by atoms with Crippen LogP contribution in [0, 0.1) is 0 Å². The highest BCUT2D eigenvalue weighted by atomic mass is 32.2. The molecular weight excluding hydrogens is 274 g/mol. The van der Waals surface area contributed by atoms with Gasteiger partial charge in [-0.2, -0.15) is 31.8 Å². The van der Waals surface area contributed by atoms with Gasteiger partial charge < -0.3 is 11.1 Å². The minimum atomic E-state index is 0.201. The average Bonchev–Trinajstić information content (AvgIpc) is 3.08. The van der Waals surface area contributed by atoms with E-state index >= 15 is 0 Å². The average molecular weight is 291 g/mol. The van der Waals surface area contributed by atoms with E-state index in [-0.39, 0.29) is 5.95 Å². The fraction of sp³-hybridized carbons (Fsp3) is 0.500. The van der Waals surface area contributed by atoms with Crippen molar-refractivity contribution in [2.75, 3.05) is 17.3 Å². The van der Waals surface area contributed by atoms with Gasteiger partial charge in [0.15, 0.2) is 0 Å². The molecule has 3 rings (SSSR count). The molecule has 1 aliphatic rings. The maximum Gasteiger partial charge on any atom is 0.257 e. The first-order valence-electron chi connectivity index (χ1n) is 6.57. The summed E-state index contributed by atoms with van der Waals surface area (Å²) in [6.07, 6.45) is 9.18. The Morgan fingerprint density at radius 3 is 3.00 bits per heavy atom. The van der Waals surface area contributed by atoms with E-state index in [0.29, 0.717) is 23.2 Å². The Kier molecular flexibility index (Phi) is 3.72. The highest BCUT2D eigenvalue weighted by molar-refractivity contribution is 7.99. The fourth-order valence-corrected chi connectivity index (χ4v) is 3.41. The molecule has 7 nitrogen and oxygen atoms in total. The first kappa shape index (κ1) is 13.2. The molecule has 0 amide bonds. The van der Waals surface area contributed by atoms with Crippen molar-refractivity contribution in [2.24, 2.45) is 0 Å². The fourth-order valence-electron chi connectivity index (χ4n) is 2.47. The van der Waals surface area contributed by atoms with E-state index in [9.17, 15) is 0 Å². The number of rotatable bonds is 4. The predicted molar refractivity (Wildman–Crippen MR) is 79.9 cm³/mol. The maximum atomic E-state index is 5.76. The number of nitrogens with one attached hydrogen (secondary N) is 1. The van der Waals surface area contributed by atoms with E-state index < -0.39 is 0 Å². The molecule has 0 saturated heterocycles. The second-order valence-corrected chi connectivity index (χ2v) is 5.80. The molecule has 0 radical (unpaired) electrons. The Balaban J connectivity index is 1.83. The molecule has 8 heteroatoms. The van der Waals surface area contributed by atoms with Gasteiger partial charge in [0.25, 0.3) is 5.95 Å². The van der Waals surface area contributed by atoms with Gasteiger partial charge in [0.2, 0.25) is 11.9 Å². The lowest BCUT2D eigenvalue weighted by Gasteiger charge is -2.19. The lowest BCUT2D eigenvalue weighted by molar-refractivity contribution is 0.744. The smallest absolute Gasteiger partial charge is 0.257 e. The Morgan fingerprint density at radius 1 is 1.35 bits per heavy atom. The minimum Gasteiger partial charge on any atom is -0.368 e. The Labute approximate surface area is 121 Å². The summed E-state index contributed by atoms with van der Waals surface area (Å²) in [4.78, 5) is 12.7. The maximum absolute atomic E-state index is 5.76. The summed E-state index contributed by atoms with van der Waals surface area (Å²) in [5.74, 6) is 1.16. The van der Waals surface area contributed by atoms with Gasteiger partial charge in [-0.05, 0) is 25.2 Å². The van der Waals surface area contributed by atoms with Crippen molar-refractivity contribution in [2.45, 2.75) is 30.6 Å². The summed E-state index contributed by atoms with van der Waals surface area (Å²) < 4.78 is 1.57. The zero-order valence-electron chi connectivity index (χ0n) is 11.2. The summed E-state index contributed by atoms with van der Waals surface area (Å²) in [5.41, 5.74) is 5.76. The molecule has 0 spiro atoms. The van der Waals surface area contributed by atoms with Crippen molar-refractivity contribution in [3.8, 4) is 5.95 Å². The second kappa shape index (κ2) is 5.66. The van der Waals surface area contributed by atoms with Crippen molar-refractivity contribution in [1.82, 2.24) is 24.7 Å². The van der Waals surface area contributed by atoms with Gasteiger partial charge in [-0.3, -0.25) is 0 Å². The molecule has 0 aliphatic heterocycles. The van der Waals surface area contributed by atoms with Crippen LogP contribution in [0.25, 0.3) is 5.95 Å². The number of aromatic nitrogens is 5. The van der Waals surface area contributed by atoms with Gasteiger partial charge in [-0.1, -0.05) is 6.42 Å². The molecule has 1 saturated carbocycles. The largest absolute Gasteiger partial charge is 0.368 e. The summed E-state index contributed by atoms with van der Waals surface area (Å²) in [7, 11) is 0. The van der Waals surface area contributed by atoms with Crippen molar-refractivity contribution >= 4 is 23.7 Å². The second-order valence-electron chi connectivity index (χ2n) is 4.72. The molecule has 2 atom stereocenters. The topological polar surface area (TPSA) is 94.5 Å². The van der Waals surface area contributed by atoms with Crippen LogP contribution in [-0.2, 0) is 0 Å². The molecule has 3 N–H and O–H groups in total. The first-order chi connectivity index (χ1) is 9.76. The highest BCUT2D eigenvalue weighted by Crippen LogP contribution is 2.30. The lowest BCUT2D eigenvalue weighted by atomic mass is 10.2. The number of nitrogen functional groups attached to an aromatic ring is 1. The molecule has 0 aromatic carbocycles. The van der Waals surface area contributed by atoms with Crippen LogP contribution < -0.4 is 11.1 Å². The van der Waals surface area contributed by atoms with Gasteiger partial charge in [-0.25, -0.2) is 4.68 Å². The van der Waals surface area contributed by atoms with Crippen LogP contribution in [0.15, 0.2) is 18.5 Å². The molecule has 2 aromatic rings. The Hall–Kier alpha value is -1.83. The molecule has 2 unspecified atom stereocenters. The standard InChI is InChI=1S/C12H17N7S/c1-20-9-5-2-4-8(9)15-11-16-10(13)17-12(18-11)19-7-3-6-14-19/h3,6-9H,2,4-5H2,1H3,(H3,13,15,16,17,18).